The van der Waals surface area contributed by atoms with Gasteiger partial charge in [-0.15, -0.1) is 0 Å². The minimum atomic E-state index is -0.749. The van der Waals surface area contributed by atoms with Gasteiger partial charge in [0.15, 0.2) is 0 Å². The van der Waals surface area contributed by atoms with Gasteiger partial charge in [-0.25, -0.2) is 0 Å². The minimum Gasteiger partial charge on any atom is -0.481 e. The molecule has 0 bridgehead atoms. The average molecular weight is 286 g/mol. The number of nitrogens with zero attached hydrogens (tertiary/aromatic N) is 1. The molecular formula is C14H26N2O4. The number of nitrogens with one attached hydrogen (secondary N) is 1. The predicted molar refractivity (Wildman–Crippen MR) is 75.5 cm³/mol. The van der Waals surface area contributed by atoms with E-state index in [0.717, 1.165) is 13.0 Å². The molecule has 2 N–H and O–H groups in total. The fourth-order valence-corrected chi connectivity index (χ4v) is 2.21. The summed E-state index contributed by atoms with van der Waals surface area (Å²) in [6.45, 7) is 7.21. The van der Waals surface area contributed by atoms with E-state index in [1.165, 1.54) is 0 Å². The number of carbonyl (C=O) groups excluding carboxylic acids is 1. The van der Waals surface area contributed by atoms with Crippen LogP contribution >= 0.6 is 0 Å². The molecule has 6 nitrogen and oxygen atoms in total. The molecule has 1 saturated heterocycles. The Bertz CT molecular complexity index is 316. The zero-order chi connectivity index (χ0) is 15.0. The van der Waals surface area contributed by atoms with Crippen LogP contribution in [0.25, 0.3) is 0 Å². The minimum absolute atomic E-state index is 0.117. The van der Waals surface area contributed by atoms with Gasteiger partial charge in [-0.2, -0.15) is 0 Å². The quantitative estimate of drug-likeness (QED) is 0.687. The molecule has 0 aliphatic carbocycles. The van der Waals surface area contributed by atoms with Gasteiger partial charge in [0, 0.05) is 19.5 Å². The number of amides is 1. The number of carboxylic acids is 1. The normalized spacial score (nSPS) is 18.6. The number of rotatable bonds is 8. The van der Waals surface area contributed by atoms with Crippen molar-refractivity contribution in [1.82, 2.24) is 10.2 Å². The van der Waals surface area contributed by atoms with Gasteiger partial charge in [-0.3, -0.25) is 9.59 Å². The molecule has 0 aromatic carbocycles. The van der Waals surface area contributed by atoms with Gasteiger partial charge in [0.05, 0.1) is 19.3 Å². The number of carbonyl (C=O) groups is 2. The molecule has 1 heterocycles. The lowest BCUT2D eigenvalue weighted by Crippen LogP contribution is -2.49. The first-order chi connectivity index (χ1) is 9.50. The van der Waals surface area contributed by atoms with Crippen LogP contribution in [-0.4, -0.2) is 60.8 Å². The molecule has 1 fully saturated rings. The van der Waals surface area contributed by atoms with E-state index in [9.17, 15) is 9.59 Å². The molecular weight excluding hydrogens is 260 g/mol. The Labute approximate surface area is 120 Å². The van der Waals surface area contributed by atoms with E-state index in [1.807, 2.05) is 18.7 Å². The van der Waals surface area contributed by atoms with Crippen molar-refractivity contribution in [3.05, 3.63) is 0 Å². The van der Waals surface area contributed by atoms with Gasteiger partial charge in [0.25, 0.3) is 0 Å². The van der Waals surface area contributed by atoms with E-state index >= 15 is 0 Å². The van der Waals surface area contributed by atoms with Gasteiger partial charge >= 0.3 is 5.97 Å². The molecule has 20 heavy (non-hydrogen) atoms. The molecule has 6 heteroatoms. The number of aliphatic carboxylic acids is 1. The van der Waals surface area contributed by atoms with Gasteiger partial charge in [-0.1, -0.05) is 6.92 Å². The van der Waals surface area contributed by atoms with Crippen LogP contribution in [0.3, 0.4) is 0 Å². The summed E-state index contributed by atoms with van der Waals surface area (Å²) in [5.41, 5.74) is 0. The first kappa shape index (κ1) is 16.9. The monoisotopic (exact) mass is 286 g/mol. The van der Waals surface area contributed by atoms with E-state index in [0.29, 0.717) is 38.6 Å². The summed E-state index contributed by atoms with van der Waals surface area (Å²) in [7, 11) is 0. The van der Waals surface area contributed by atoms with Crippen molar-refractivity contribution in [2.75, 3.05) is 32.8 Å². The third kappa shape index (κ3) is 6.34. The topological polar surface area (TPSA) is 78.9 Å². The number of hydrogen-bond donors (Lipinski definition) is 2. The fourth-order valence-electron chi connectivity index (χ4n) is 2.21. The Morgan fingerprint density at radius 1 is 1.25 bits per heavy atom. The highest BCUT2D eigenvalue weighted by Gasteiger charge is 2.21. The Hall–Kier alpha value is -1.14. The Morgan fingerprint density at radius 2 is 1.90 bits per heavy atom. The molecule has 0 aromatic heterocycles. The van der Waals surface area contributed by atoms with E-state index in [2.05, 4.69) is 5.32 Å². The smallest absolute Gasteiger partial charge is 0.303 e. The third-order valence-electron chi connectivity index (χ3n) is 3.63. The zero-order valence-electron chi connectivity index (χ0n) is 12.4. The van der Waals surface area contributed by atoms with Crippen molar-refractivity contribution in [1.29, 1.82) is 0 Å². The maximum Gasteiger partial charge on any atom is 0.303 e. The second-order valence-electron chi connectivity index (χ2n) is 5.44. The Balaban J connectivity index is 2.16. The van der Waals surface area contributed by atoms with Gasteiger partial charge in [0.1, 0.15) is 0 Å². The van der Waals surface area contributed by atoms with Crippen LogP contribution in [0.4, 0.5) is 0 Å². The maximum absolute atomic E-state index is 12.1. The molecule has 0 aromatic rings. The van der Waals surface area contributed by atoms with Crippen LogP contribution in [-0.2, 0) is 14.3 Å². The molecule has 0 radical (unpaired) electrons. The summed E-state index contributed by atoms with van der Waals surface area (Å²) in [6.07, 6.45) is 1.78. The maximum atomic E-state index is 12.1. The summed E-state index contributed by atoms with van der Waals surface area (Å²) in [6, 6.07) is -0.195. The largest absolute Gasteiger partial charge is 0.481 e. The number of morpholine rings is 1. The van der Waals surface area contributed by atoms with E-state index in [4.69, 9.17) is 9.84 Å². The van der Waals surface area contributed by atoms with Crippen molar-refractivity contribution >= 4 is 11.9 Å². The fraction of sp³-hybridized carbons (Fsp3) is 0.857. The highest BCUT2D eigenvalue weighted by Crippen LogP contribution is 2.09. The van der Waals surface area contributed by atoms with Crippen LogP contribution in [0, 0.1) is 5.92 Å². The Morgan fingerprint density at radius 3 is 2.50 bits per heavy atom. The molecule has 1 aliphatic heterocycles. The van der Waals surface area contributed by atoms with E-state index < -0.39 is 5.97 Å². The summed E-state index contributed by atoms with van der Waals surface area (Å²) in [5, 5.41) is 11.8. The van der Waals surface area contributed by atoms with Crippen LogP contribution in [0.1, 0.15) is 33.1 Å². The lowest BCUT2D eigenvalue weighted by molar-refractivity contribution is -0.137. The Kier molecular flexibility index (Phi) is 7.54. The highest BCUT2D eigenvalue weighted by atomic mass is 16.5. The van der Waals surface area contributed by atoms with Crippen LogP contribution in [0.2, 0.25) is 0 Å². The molecule has 0 spiro atoms. The highest BCUT2D eigenvalue weighted by molar-refractivity contribution is 5.81. The van der Waals surface area contributed by atoms with E-state index in [-0.39, 0.29) is 18.4 Å². The van der Waals surface area contributed by atoms with Crippen LogP contribution < -0.4 is 5.32 Å². The van der Waals surface area contributed by atoms with Crippen molar-refractivity contribution in [2.45, 2.75) is 39.2 Å². The second-order valence-corrected chi connectivity index (χ2v) is 5.44. The molecule has 2 unspecified atom stereocenters. The summed E-state index contributed by atoms with van der Waals surface area (Å²) < 4.78 is 5.23. The summed E-state index contributed by atoms with van der Waals surface area (Å²) in [4.78, 5) is 24.4. The molecule has 116 valence electrons. The molecule has 1 amide bonds. The van der Waals surface area contributed by atoms with Crippen LogP contribution in [0.5, 0.6) is 0 Å². The van der Waals surface area contributed by atoms with Crippen molar-refractivity contribution < 1.29 is 19.4 Å². The molecule has 1 aliphatic rings. The predicted octanol–water partition coefficient (Wildman–Crippen LogP) is 0.714. The number of ether oxygens (including phenoxy) is 1. The molecule has 2 atom stereocenters. The zero-order valence-corrected chi connectivity index (χ0v) is 12.4. The third-order valence-corrected chi connectivity index (χ3v) is 3.63. The lowest BCUT2D eigenvalue weighted by Gasteiger charge is -2.29. The van der Waals surface area contributed by atoms with Gasteiger partial charge in [0.2, 0.25) is 5.91 Å². The molecule has 1 rings (SSSR count). The standard InChI is InChI=1S/C14H26N2O4/c1-11(3-4-13(17)18)5-6-15-12(2)14(19)16-7-9-20-10-8-16/h11-12,15H,3-10H2,1-2H3,(H,17,18). The number of hydrogen-bond acceptors (Lipinski definition) is 4. The van der Waals surface area contributed by atoms with Crippen molar-refractivity contribution in [3.63, 3.8) is 0 Å². The molecule has 0 saturated carbocycles. The van der Waals surface area contributed by atoms with Gasteiger partial charge in [-0.05, 0) is 32.2 Å². The first-order valence-electron chi connectivity index (χ1n) is 7.32. The lowest BCUT2D eigenvalue weighted by atomic mass is 10.0. The summed E-state index contributed by atoms with van der Waals surface area (Å²) >= 11 is 0. The van der Waals surface area contributed by atoms with Crippen molar-refractivity contribution in [3.8, 4) is 0 Å². The number of carboxylic acid groups (broad SMARTS) is 1. The van der Waals surface area contributed by atoms with Gasteiger partial charge < -0.3 is 20.1 Å². The first-order valence-corrected chi connectivity index (χ1v) is 7.32. The van der Waals surface area contributed by atoms with Crippen molar-refractivity contribution in [2.24, 2.45) is 5.92 Å². The average Bonchev–Trinajstić information content (AvgIpc) is 2.45. The van der Waals surface area contributed by atoms with Crippen LogP contribution in [0.15, 0.2) is 0 Å². The van der Waals surface area contributed by atoms with E-state index in [1.54, 1.807) is 0 Å². The SMILES string of the molecule is CC(CCNC(C)C(=O)N1CCOCC1)CCC(=O)O. The summed E-state index contributed by atoms with van der Waals surface area (Å²) in [5.74, 6) is -0.281. The second kappa shape index (κ2) is 8.92.